The predicted octanol–water partition coefficient (Wildman–Crippen LogP) is 3.89. The van der Waals surface area contributed by atoms with Crippen LogP contribution < -0.4 is 0 Å². The highest BCUT2D eigenvalue weighted by atomic mass is 19.1. The number of aromatic nitrogens is 6. The number of imidazole rings is 1. The van der Waals surface area contributed by atoms with Crippen LogP contribution in [0.2, 0.25) is 0 Å². The van der Waals surface area contributed by atoms with Gasteiger partial charge in [0.15, 0.2) is 5.65 Å². The Labute approximate surface area is 160 Å². The molecule has 0 aliphatic carbocycles. The third-order valence-corrected chi connectivity index (χ3v) is 4.83. The van der Waals surface area contributed by atoms with Gasteiger partial charge in [-0.05, 0) is 36.8 Å². The normalized spacial score (nSPS) is 11.5. The molecule has 0 aliphatic heterocycles. The van der Waals surface area contributed by atoms with Gasteiger partial charge in [0, 0.05) is 42.4 Å². The summed E-state index contributed by atoms with van der Waals surface area (Å²) < 4.78 is 18.2. The summed E-state index contributed by atoms with van der Waals surface area (Å²) in [5, 5.41) is 9.92. The topological polar surface area (TPSA) is 60.9 Å². The fourth-order valence-electron chi connectivity index (χ4n) is 3.34. The highest BCUT2D eigenvalue weighted by molar-refractivity contribution is 5.79. The number of aryl methyl sites for hydroxylation is 1. The van der Waals surface area contributed by atoms with Gasteiger partial charge >= 0.3 is 0 Å². The van der Waals surface area contributed by atoms with Gasteiger partial charge in [0.05, 0.1) is 29.3 Å². The molecule has 0 saturated heterocycles. The van der Waals surface area contributed by atoms with Crippen LogP contribution in [0.4, 0.5) is 4.39 Å². The summed E-state index contributed by atoms with van der Waals surface area (Å²) in [5.74, 6) is -0.276. The molecule has 0 atom stereocenters. The van der Waals surface area contributed by atoms with E-state index < -0.39 is 0 Å². The lowest BCUT2D eigenvalue weighted by molar-refractivity contribution is 0.614. The van der Waals surface area contributed by atoms with E-state index in [0.29, 0.717) is 17.5 Å². The minimum atomic E-state index is -0.276. The van der Waals surface area contributed by atoms with E-state index in [1.807, 2.05) is 48.1 Å². The highest BCUT2D eigenvalue weighted by Crippen LogP contribution is 2.22. The third kappa shape index (κ3) is 2.81. The first-order valence-electron chi connectivity index (χ1n) is 9.11. The molecule has 28 heavy (non-hydrogen) atoms. The molecule has 0 spiro atoms. The van der Waals surface area contributed by atoms with Crippen molar-refractivity contribution < 1.29 is 4.39 Å². The molecule has 1 aromatic carbocycles. The summed E-state index contributed by atoms with van der Waals surface area (Å²) in [5.41, 5.74) is 4.52. The Morgan fingerprint density at radius 3 is 2.86 bits per heavy atom. The van der Waals surface area contributed by atoms with E-state index in [1.54, 1.807) is 23.1 Å². The lowest BCUT2D eigenvalue weighted by Gasteiger charge is -2.06. The van der Waals surface area contributed by atoms with E-state index in [-0.39, 0.29) is 5.82 Å². The fraction of sp³-hybridized carbons (Fsp3) is 0.143. The SMILES string of the molecule is CCn1cc(-c2ccc3ncc(Cc4cc5cccnc5cc4F)n3n2)cn1. The van der Waals surface area contributed by atoms with Crippen molar-refractivity contribution >= 4 is 16.6 Å². The smallest absolute Gasteiger partial charge is 0.153 e. The Bertz CT molecular complexity index is 1300. The highest BCUT2D eigenvalue weighted by Gasteiger charge is 2.12. The van der Waals surface area contributed by atoms with Crippen LogP contribution in [0.15, 0.2) is 61.2 Å². The number of hydrogen-bond donors (Lipinski definition) is 0. The molecule has 0 saturated carbocycles. The van der Waals surface area contributed by atoms with Crippen molar-refractivity contribution in [2.45, 2.75) is 19.9 Å². The summed E-state index contributed by atoms with van der Waals surface area (Å²) in [6, 6.07) is 10.9. The molecular formula is C21H17FN6. The number of hydrogen-bond acceptors (Lipinski definition) is 4. The lowest BCUT2D eigenvalue weighted by Crippen LogP contribution is -2.01. The minimum Gasteiger partial charge on any atom is -0.272 e. The van der Waals surface area contributed by atoms with Gasteiger partial charge in [-0.2, -0.15) is 10.2 Å². The Hall–Kier alpha value is -3.61. The van der Waals surface area contributed by atoms with Crippen molar-refractivity contribution in [3.05, 3.63) is 78.3 Å². The molecule has 138 valence electrons. The predicted molar refractivity (Wildman–Crippen MR) is 104 cm³/mol. The maximum absolute atomic E-state index is 14.6. The van der Waals surface area contributed by atoms with Crippen LogP contribution in [0, 0.1) is 5.82 Å². The van der Waals surface area contributed by atoms with Crippen molar-refractivity contribution in [3.8, 4) is 11.3 Å². The zero-order valence-corrected chi connectivity index (χ0v) is 15.2. The lowest BCUT2D eigenvalue weighted by atomic mass is 10.1. The Morgan fingerprint density at radius 1 is 1.07 bits per heavy atom. The Kier molecular flexibility index (Phi) is 3.86. The first-order chi connectivity index (χ1) is 13.7. The molecule has 5 aromatic rings. The van der Waals surface area contributed by atoms with Gasteiger partial charge in [0.25, 0.3) is 0 Å². The van der Waals surface area contributed by atoms with Crippen molar-refractivity contribution in [1.82, 2.24) is 29.4 Å². The monoisotopic (exact) mass is 372 g/mol. The van der Waals surface area contributed by atoms with E-state index in [4.69, 9.17) is 5.10 Å². The number of nitrogens with zero attached hydrogens (tertiary/aromatic N) is 6. The molecular weight excluding hydrogens is 355 g/mol. The molecule has 4 aromatic heterocycles. The number of rotatable bonds is 4. The fourth-order valence-corrected chi connectivity index (χ4v) is 3.34. The average Bonchev–Trinajstić information content (AvgIpc) is 3.35. The standard InChI is InChI=1S/C21H17FN6/c1-2-27-13-16(11-25-27)19-5-6-21-24-12-17(28(21)26-19)9-15-8-14-4-3-7-23-20(14)10-18(15)22/h3-8,10-13H,2,9H2,1H3. The van der Waals surface area contributed by atoms with E-state index in [0.717, 1.165) is 34.5 Å². The zero-order valence-electron chi connectivity index (χ0n) is 15.2. The minimum absolute atomic E-state index is 0.276. The summed E-state index contributed by atoms with van der Waals surface area (Å²) in [7, 11) is 0. The molecule has 0 aliphatic rings. The maximum Gasteiger partial charge on any atom is 0.153 e. The van der Waals surface area contributed by atoms with Crippen LogP contribution in [0.3, 0.4) is 0 Å². The van der Waals surface area contributed by atoms with Gasteiger partial charge in [-0.15, -0.1) is 0 Å². The second kappa shape index (κ2) is 6.53. The second-order valence-electron chi connectivity index (χ2n) is 6.64. The summed E-state index contributed by atoms with van der Waals surface area (Å²) >= 11 is 0. The van der Waals surface area contributed by atoms with Crippen LogP contribution >= 0.6 is 0 Å². The van der Waals surface area contributed by atoms with Crippen molar-refractivity contribution in [2.24, 2.45) is 0 Å². The largest absolute Gasteiger partial charge is 0.272 e. The van der Waals surface area contributed by atoms with Crippen LogP contribution in [-0.4, -0.2) is 29.4 Å². The van der Waals surface area contributed by atoms with Gasteiger partial charge < -0.3 is 0 Å². The van der Waals surface area contributed by atoms with Crippen LogP contribution in [0.1, 0.15) is 18.2 Å². The van der Waals surface area contributed by atoms with Gasteiger partial charge in [-0.3, -0.25) is 9.67 Å². The number of fused-ring (bicyclic) bond motifs is 2. The number of pyridine rings is 1. The summed E-state index contributed by atoms with van der Waals surface area (Å²) in [6.07, 6.45) is 7.56. The van der Waals surface area contributed by atoms with E-state index in [2.05, 4.69) is 15.1 Å². The average molecular weight is 372 g/mol. The summed E-state index contributed by atoms with van der Waals surface area (Å²) in [4.78, 5) is 8.61. The molecule has 7 heteroatoms. The molecule has 0 N–H and O–H groups in total. The van der Waals surface area contributed by atoms with Gasteiger partial charge in [-0.1, -0.05) is 6.07 Å². The van der Waals surface area contributed by atoms with Crippen molar-refractivity contribution in [2.75, 3.05) is 0 Å². The summed E-state index contributed by atoms with van der Waals surface area (Å²) in [6.45, 7) is 2.84. The van der Waals surface area contributed by atoms with Gasteiger partial charge in [0.2, 0.25) is 0 Å². The first kappa shape index (κ1) is 16.6. The molecule has 5 rings (SSSR count). The van der Waals surface area contributed by atoms with E-state index in [1.165, 1.54) is 6.07 Å². The van der Waals surface area contributed by atoms with Gasteiger partial charge in [-0.25, -0.2) is 13.9 Å². The Morgan fingerprint density at radius 2 is 2.00 bits per heavy atom. The zero-order chi connectivity index (χ0) is 19.1. The van der Waals surface area contributed by atoms with Crippen molar-refractivity contribution in [3.63, 3.8) is 0 Å². The number of halogens is 1. The molecule has 0 amide bonds. The van der Waals surface area contributed by atoms with Crippen LogP contribution in [0.25, 0.3) is 27.8 Å². The molecule has 0 unspecified atom stereocenters. The molecule has 0 fully saturated rings. The molecule has 4 heterocycles. The molecule has 0 bridgehead atoms. The maximum atomic E-state index is 14.6. The van der Waals surface area contributed by atoms with Crippen molar-refractivity contribution in [1.29, 1.82) is 0 Å². The van der Waals surface area contributed by atoms with E-state index in [9.17, 15) is 4.39 Å². The first-order valence-corrected chi connectivity index (χ1v) is 9.11. The third-order valence-electron chi connectivity index (χ3n) is 4.83. The molecule has 0 radical (unpaired) electrons. The van der Waals surface area contributed by atoms with Crippen LogP contribution in [0.5, 0.6) is 0 Å². The number of benzene rings is 1. The van der Waals surface area contributed by atoms with E-state index >= 15 is 0 Å². The van der Waals surface area contributed by atoms with Crippen LogP contribution in [-0.2, 0) is 13.0 Å². The quantitative estimate of drug-likeness (QED) is 0.480. The Balaban J connectivity index is 1.56. The molecule has 6 nitrogen and oxygen atoms in total. The second-order valence-corrected chi connectivity index (χ2v) is 6.64. The van der Waals surface area contributed by atoms with Gasteiger partial charge in [0.1, 0.15) is 5.82 Å².